The Bertz CT molecular complexity index is 756. The number of alkyl carbamates (subject to hydrolysis) is 1. The number of rotatable bonds is 4. The molecular weight excluding hydrogens is 424 g/mol. The predicted molar refractivity (Wildman–Crippen MR) is 102 cm³/mol. The normalized spacial score (nSPS) is 21.2. The number of carbonyl (C=O) groups excluding carboxylic acids is 1. The Balaban J connectivity index is 1.90. The summed E-state index contributed by atoms with van der Waals surface area (Å²) in [7, 11) is -3.76. The SMILES string of the molecule is CC(C)(C)OC(=O)N[C@H]1CC[C@H](NS(=O)(=O)c2cc(Br)cnc2N)CC1. The number of aromatic nitrogens is 1. The molecule has 1 aromatic rings. The van der Waals surface area contributed by atoms with Crippen molar-refractivity contribution < 1.29 is 17.9 Å². The molecule has 1 aliphatic carbocycles. The van der Waals surface area contributed by atoms with Crippen molar-refractivity contribution in [3.05, 3.63) is 16.7 Å². The summed E-state index contributed by atoms with van der Waals surface area (Å²) < 4.78 is 33.6. The Morgan fingerprint density at radius 3 is 2.42 bits per heavy atom. The molecule has 146 valence electrons. The molecule has 0 atom stereocenters. The average Bonchev–Trinajstić information content (AvgIpc) is 2.49. The van der Waals surface area contributed by atoms with Crippen molar-refractivity contribution in [1.82, 2.24) is 15.0 Å². The second-order valence-corrected chi connectivity index (χ2v) is 9.95. The van der Waals surface area contributed by atoms with Gasteiger partial charge in [-0.05, 0) is 68.5 Å². The molecule has 1 aliphatic rings. The van der Waals surface area contributed by atoms with Crippen LogP contribution in [0.3, 0.4) is 0 Å². The van der Waals surface area contributed by atoms with Gasteiger partial charge in [0.25, 0.3) is 0 Å². The molecule has 0 spiro atoms. The Hall–Kier alpha value is -1.39. The van der Waals surface area contributed by atoms with Gasteiger partial charge >= 0.3 is 6.09 Å². The van der Waals surface area contributed by atoms with Gasteiger partial charge in [-0.15, -0.1) is 0 Å². The number of nitrogens with two attached hydrogens (primary N) is 1. The van der Waals surface area contributed by atoms with Crippen LogP contribution in [-0.2, 0) is 14.8 Å². The van der Waals surface area contributed by atoms with Gasteiger partial charge in [0.2, 0.25) is 10.0 Å². The molecule has 0 bridgehead atoms. The van der Waals surface area contributed by atoms with Crippen LogP contribution in [0.5, 0.6) is 0 Å². The predicted octanol–water partition coefficient (Wildman–Crippen LogP) is 2.54. The zero-order chi connectivity index (χ0) is 19.5. The van der Waals surface area contributed by atoms with Gasteiger partial charge in [0.15, 0.2) is 0 Å². The van der Waals surface area contributed by atoms with E-state index in [-0.39, 0.29) is 22.8 Å². The summed E-state index contributed by atoms with van der Waals surface area (Å²) in [6.07, 6.45) is 3.55. The van der Waals surface area contributed by atoms with Crippen molar-refractivity contribution in [2.24, 2.45) is 0 Å². The van der Waals surface area contributed by atoms with Crippen molar-refractivity contribution in [2.75, 3.05) is 5.73 Å². The number of hydrogen-bond donors (Lipinski definition) is 3. The molecule has 1 amide bonds. The van der Waals surface area contributed by atoms with Crippen LogP contribution in [0.2, 0.25) is 0 Å². The highest BCUT2D eigenvalue weighted by molar-refractivity contribution is 9.10. The maximum Gasteiger partial charge on any atom is 0.407 e. The first-order chi connectivity index (χ1) is 12.0. The first-order valence-corrected chi connectivity index (χ1v) is 10.7. The third-order valence-electron chi connectivity index (χ3n) is 3.91. The summed E-state index contributed by atoms with van der Waals surface area (Å²) in [5.41, 5.74) is 5.15. The summed E-state index contributed by atoms with van der Waals surface area (Å²) in [5, 5.41) is 2.83. The molecule has 1 aromatic heterocycles. The maximum atomic E-state index is 12.5. The number of ether oxygens (including phenoxy) is 1. The molecular formula is C16H25BrN4O4S. The van der Waals surface area contributed by atoms with Gasteiger partial charge in [0.1, 0.15) is 16.3 Å². The second-order valence-electron chi connectivity index (χ2n) is 7.35. The highest BCUT2D eigenvalue weighted by atomic mass is 79.9. The van der Waals surface area contributed by atoms with E-state index < -0.39 is 21.7 Å². The summed E-state index contributed by atoms with van der Waals surface area (Å²) in [4.78, 5) is 15.6. The standard InChI is InChI=1S/C16H25BrN4O4S/c1-16(2,3)25-15(22)20-11-4-6-12(7-5-11)21-26(23,24)13-8-10(17)9-19-14(13)18/h8-9,11-12,21H,4-7H2,1-3H3,(H2,18,19)(H,20,22)/t11-,12-. The van der Waals surface area contributed by atoms with E-state index in [4.69, 9.17) is 10.5 Å². The van der Waals surface area contributed by atoms with Crippen LogP contribution in [0.15, 0.2) is 21.6 Å². The number of sulfonamides is 1. The van der Waals surface area contributed by atoms with Crippen molar-refractivity contribution >= 4 is 37.9 Å². The van der Waals surface area contributed by atoms with E-state index in [1.165, 1.54) is 12.3 Å². The minimum Gasteiger partial charge on any atom is -0.444 e. The minimum absolute atomic E-state index is 0.0248. The molecule has 0 unspecified atom stereocenters. The van der Waals surface area contributed by atoms with Gasteiger partial charge < -0.3 is 15.8 Å². The number of nitrogen functional groups attached to an aromatic ring is 1. The minimum atomic E-state index is -3.76. The molecule has 8 nitrogen and oxygen atoms in total. The number of pyridine rings is 1. The van der Waals surface area contributed by atoms with Crippen LogP contribution in [0, 0.1) is 0 Å². The van der Waals surface area contributed by atoms with E-state index in [0.717, 1.165) is 0 Å². The highest BCUT2D eigenvalue weighted by Crippen LogP contribution is 2.24. The van der Waals surface area contributed by atoms with E-state index in [1.807, 2.05) is 0 Å². The Morgan fingerprint density at radius 2 is 1.85 bits per heavy atom. The molecule has 1 fully saturated rings. The number of nitrogens with one attached hydrogen (secondary N) is 2. The van der Waals surface area contributed by atoms with Crippen LogP contribution in [-0.4, -0.2) is 37.2 Å². The zero-order valence-electron chi connectivity index (χ0n) is 15.1. The molecule has 2 rings (SSSR count). The molecule has 10 heteroatoms. The lowest BCUT2D eigenvalue weighted by atomic mass is 9.92. The first kappa shape index (κ1) is 20.9. The summed E-state index contributed by atoms with van der Waals surface area (Å²) in [6, 6.07) is 1.19. The number of hydrogen-bond acceptors (Lipinski definition) is 6. The molecule has 1 saturated carbocycles. The van der Waals surface area contributed by atoms with Gasteiger partial charge in [-0.25, -0.2) is 22.9 Å². The smallest absolute Gasteiger partial charge is 0.407 e. The Kier molecular flexibility index (Phi) is 6.51. The number of halogens is 1. The molecule has 0 radical (unpaired) electrons. The topological polar surface area (TPSA) is 123 Å². The highest BCUT2D eigenvalue weighted by Gasteiger charge is 2.28. The van der Waals surface area contributed by atoms with E-state index >= 15 is 0 Å². The van der Waals surface area contributed by atoms with Gasteiger partial charge in [0.05, 0.1) is 0 Å². The number of carbonyl (C=O) groups is 1. The van der Waals surface area contributed by atoms with Crippen molar-refractivity contribution in [2.45, 2.75) is 69.0 Å². The van der Waals surface area contributed by atoms with Gasteiger partial charge in [-0.1, -0.05) is 0 Å². The van der Waals surface area contributed by atoms with Crippen LogP contribution in [0.25, 0.3) is 0 Å². The van der Waals surface area contributed by atoms with Crippen LogP contribution >= 0.6 is 15.9 Å². The molecule has 0 saturated heterocycles. The van der Waals surface area contributed by atoms with Gasteiger partial charge in [-0.2, -0.15) is 0 Å². The van der Waals surface area contributed by atoms with E-state index in [9.17, 15) is 13.2 Å². The van der Waals surface area contributed by atoms with Crippen molar-refractivity contribution in [3.63, 3.8) is 0 Å². The monoisotopic (exact) mass is 448 g/mol. The fraction of sp³-hybridized carbons (Fsp3) is 0.625. The van der Waals surface area contributed by atoms with E-state index in [0.29, 0.717) is 30.2 Å². The van der Waals surface area contributed by atoms with Crippen molar-refractivity contribution in [3.8, 4) is 0 Å². The maximum absolute atomic E-state index is 12.5. The first-order valence-electron chi connectivity index (χ1n) is 8.39. The summed E-state index contributed by atoms with van der Waals surface area (Å²) in [5.74, 6) is -0.0408. The quantitative estimate of drug-likeness (QED) is 0.649. The lowest BCUT2D eigenvalue weighted by molar-refractivity contribution is 0.0490. The number of anilines is 1. The van der Waals surface area contributed by atoms with Crippen LogP contribution in [0.4, 0.5) is 10.6 Å². The lowest BCUT2D eigenvalue weighted by Gasteiger charge is -2.30. The molecule has 0 aliphatic heterocycles. The molecule has 4 N–H and O–H groups in total. The molecule has 0 aromatic carbocycles. The van der Waals surface area contributed by atoms with Crippen molar-refractivity contribution in [1.29, 1.82) is 0 Å². The fourth-order valence-corrected chi connectivity index (χ4v) is 4.65. The van der Waals surface area contributed by atoms with E-state index in [2.05, 4.69) is 31.0 Å². The fourth-order valence-electron chi connectivity index (χ4n) is 2.76. The van der Waals surface area contributed by atoms with Crippen LogP contribution in [0.1, 0.15) is 46.5 Å². The Labute approximate surface area is 162 Å². The third kappa shape index (κ3) is 6.10. The molecule has 26 heavy (non-hydrogen) atoms. The van der Waals surface area contributed by atoms with E-state index in [1.54, 1.807) is 20.8 Å². The van der Waals surface area contributed by atoms with Gasteiger partial charge in [0, 0.05) is 22.8 Å². The summed E-state index contributed by atoms with van der Waals surface area (Å²) in [6.45, 7) is 5.42. The van der Waals surface area contributed by atoms with Crippen LogP contribution < -0.4 is 15.8 Å². The lowest BCUT2D eigenvalue weighted by Crippen LogP contribution is -2.45. The second kappa shape index (κ2) is 8.10. The Morgan fingerprint density at radius 1 is 1.27 bits per heavy atom. The third-order valence-corrected chi connectivity index (χ3v) is 5.89. The summed E-state index contributed by atoms with van der Waals surface area (Å²) >= 11 is 3.20. The number of amides is 1. The zero-order valence-corrected chi connectivity index (χ0v) is 17.5. The average molecular weight is 449 g/mol. The molecule has 1 heterocycles. The number of nitrogens with zero attached hydrogens (tertiary/aromatic N) is 1. The van der Waals surface area contributed by atoms with Gasteiger partial charge in [-0.3, -0.25) is 0 Å². The largest absolute Gasteiger partial charge is 0.444 e.